The molecule has 4 rings (SSSR count). The van der Waals surface area contributed by atoms with Crippen molar-refractivity contribution in [3.8, 4) is 11.8 Å². The molecule has 0 radical (unpaired) electrons. The predicted molar refractivity (Wildman–Crippen MR) is 132 cm³/mol. The molecule has 2 N–H and O–H groups in total. The zero-order valence-electron chi connectivity index (χ0n) is 18.1. The second-order valence-corrected chi connectivity index (χ2v) is 8.26. The highest BCUT2D eigenvalue weighted by molar-refractivity contribution is 7.99. The van der Waals surface area contributed by atoms with Crippen molar-refractivity contribution < 1.29 is 9.59 Å². The van der Waals surface area contributed by atoms with Gasteiger partial charge in [-0.3, -0.25) is 14.2 Å². The van der Waals surface area contributed by atoms with Crippen LogP contribution in [-0.4, -0.2) is 27.1 Å². The van der Waals surface area contributed by atoms with Gasteiger partial charge in [0.15, 0.2) is 5.16 Å². The molecule has 2 amide bonds. The van der Waals surface area contributed by atoms with E-state index in [1.165, 1.54) is 11.8 Å². The summed E-state index contributed by atoms with van der Waals surface area (Å²) in [5, 5.41) is 15.2. The van der Waals surface area contributed by atoms with Crippen molar-refractivity contribution in [2.75, 3.05) is 11.1 Å². The van der Waals surface area contributed by atoms with Gasteiger partial charge in [0.1, 0.15) is 0 Å². The Morgan fingerprint density at radius 2 is 1.71 bits per heavy atom. The molecule has 0 saturated heterocycles. The van der Waals surface area contributed by atoms with Gasteiger partial charge in [0, 0.05) is 35.9 Å². The number of carbonyl (C=O) groups excluding carboxylic acids is 2. The van der Waals surface area contributed by atoms with Crippen LogP contribution < -0.4 is 10.6 Å². The summed E-state index contributed by atoms with van der Waals surface area (Å²) in [5.41, 5.74) is 3.61. The molecular formula is C26H21N5O2S. The molecule has 8 heteroatoms. The van der Waals surface area contributed by atoms with Gasteiger partial charge in [0.05, 0.1) is 17.4 Å². The van der Waals surface area contributed by atoms with Gasteiger partial charge in [-0.15, -0.1) is 0 Å². The Balaban J connectivity index is 1.33. The van der Waals surface area contributed by atoms with Crippen LogP contribution in [0.2, 0.25) is 0 Å². The van der Waals surface area contributed by atoms with Crippen LogP contribution in [-0.2, 0) is 11.3 Å². The fourth-order valence-electron chi connectivity index (χ4n) is 3.20. The Labute approximate surface area is 201 Å². The van der Waals surface area contributed by atoms with E-state index in [4.69, 9.17) is 5.26 Å². The summed E-state index contributed by atoms with van der Waals surface area (Å²) in [4.78, 5) is 29.1. The van der Waals surface area contributed by atoms with Crippen molar-refractivity contribution in [1.29, 1.82) is 5.26 Å². The fourth-order valence-corrected chi connectivity index (χ4v) is 3.98. The van der Waals surface area contributed by atoms with Crippen molar-refractivity contribution in [3.63, 3.8) is 0 Å². The quantitative estimate of drug-likeness (QED) is 0.374. The number of rotatable bonds is 8. The molecule has 1 heterocycles. The molecule has 0 aliphatic carbocycles. The van der Waals surface area contributed by atoms with Gasteiger partial charge in [-0.05, 0) is 54.1 Å². The highest BCUT2D eigenvalue weighted by Gasteiger charge is 2.11. The number of thioether (sulfide) groups is 1. The number of benzene rings is 3. The van der Waals surface area contributed by atoms with Crippen LogP contribution >= 0.6 is 11.8 Å². The zero-order valence-corrected chi connectivity index (χ0v) is 19.0. The lowest BCUT2D eigenvalue weighted by molar-refractivity contribution is -0.113. The minimum absolute atomic E-state index is 0.143. The number of hydrogen-bond acceptors (Lipinski definition) is 5. The molecule has 3 aromatic carbocycles. The molecular weight excluding hydrogens is 446 g/mol. The third-order valence-electron chi connectivity index (χ3n) is 4.94. The molecule has 168 valence electrons. The largest absolute Gasteiger partial charge is 0.348 e. The summed E-state index contributed by atoms with van der Waals surface area (Å²) in [7, 11) is 0. The number of nitriles is 1. The van der Waals surface area contributed by atoms with Crippen LogP contribution in [0.25, 0.3) is 5.69 Å². The van der Waals surface area contributed by atoms with E-state index >= 15 is 0 Å². The van der Waals surface area contributed by atoms with Gasteiger partial charge in [-0.2, -0.15) is 5.26 Å². The Morgan fingerprint density at radius 1 is 0.971 bits per heavy atom. The van der Waals surface area contributed by atoms with Gasteiger partial charge in [-0.1, -0.05) is 42.1 Å². The van der Waals surface area contributed by atoms with E-state index in [1.54, 1.807) is 42.6 Å². The molecule has 0 spiro atoms. The number of hydrogen-bond donors (Lipinski definition) is 2. The highest BCUT2D eigenvalue weighted by atomic mass is 32.2. The lowest BCUT2D eigenvalue weighted by atomic mass is 10.1. The average Bonchev–Trinajstić information content (AvgIpc) is 3.36. The molecule has 0 atom stereocenters. The molecule has 0 unspecified atom stereocenters. The summed E-state index contributed by atoms with van der Waals surface area (Å²) in [6, 6.07) is 25.7. The molecule has 0 saturated carbocycles. The van der Waals surface area contributed by atoms with E-state index in [2.05, 4.69) is 15.6 Å². The Bertz CT molecular complexity index is 1310. The number of amides is 2. The Morgan fingerprint density at radius 3 is 2.41 bits per heavy atom. The topological polar surface area (TPSA) is 99.8 Å². The third kappa shape index (κ3) is 5.91. The third-order valence-corrected chi connectivity index (χ3v) is 5.91. The maximum absolute atomic E-state index is 12.5. The van der Waals surface area contributed by atoms with E-state index < -0.39 is 0 Å². The second kappa shape index (κ2) is 11.0. The Hall–Kier alpha value is -4.35. The molecule has 0 aliphatic rings. The first-order chi connectivity index (χ1) is 16.6. The fraction of sp³-hybridized carbons (Fsp3) is 0.0769. The summed E-state index contributed by atoms with van der Waals surface area (Å²) in [5.74, 6) is -0.137. The minimum atomic E-state index is -0.172. The van der Waals surface area contributed by atoms with Crippen molar-refractivity contribution in [2.45, 2.75) is 11.7 Å². The van der Waals surface area contributed by atoms with E-state index in [1.807, 2.05) is 59.3 Å². The Kier molecular flexibility index (Phi) is 7.38. The first kappa shape index (κ1) is 22.8. The SMILES string of the molecule is N#Cc1ccc(NC(=O)CSc2nccn2-c2ccc(C(=O)NCc3ccccc3)cc2)cc1. The standard InChI is InChI=1S/C26H21N5O2S/c27-16-19-6-10-22(11-7-19)30-24(32)18-34-26-28-14-15-31(26)23-12-8-21(9-13-23)25(33)29-17-20-4-2-1-3-5-20/h1-15H,17-18H2,(H,29,33)(H,30,32). The average molecular weight is 468 g/mol. The van der Waals surface area contributed by atoms with Crippen molar-refractivity contribution >= 4 is 29.3 Å². The van der Waals surface area contributed by atoms with Gasteiger partial charge < -0.3 is 10.6 Å². The number of aromatic nitrogens is 2. The van der Waals surface area contributed by atoms with Crippen LogP contribution in [0.3, 0.4) is 0 Å². The first-order valence-corrected chi connectivity index (χ1v) is 11.5. The molecule has 0 bridgehead atoms. The van der Waals surface area contributed by atoms with Crippen LogP contribution in [0.4, 0.5) is 5.69 Å². The molecule has 34 heavy (non-hydrogen) atoms. The lowest BCUT2D eigenvalue weighted by Crippen LogP contribution is -2.22. The van der Waals surface area contributed by atoms with E-state index in [9.17, 15) is 9.59 Å². The van der Waals surface area contributed by atoms with Gasteiger partial charge in [0.2, 0.25) is 5.91 Å². The predicted octanol–water partition coefficient (Wildman–Crippen LogP) is 4.40. The summed E-state index contributed by atoms with van der Waals surface area (Å²) < 4.78 is 1.87. The molecule has 4 aromatic rings. The van der Waals surface area contributed by atoms with E-state index in [0.29, 0.717) is 28.5 Å². The highest BCUT2D eigenvalue weighted by Crippen LogP contribution is 2.21. The number of nitrogens with zero attached hydrogens (tertiary/aromatic N) is 3. The lowest BCUT2D eigenvalue weighted by Gasteiger charge is -2.10. The maximum atomic E-state index is 12.5. The zero-order chi connectivity index (χ0) is 23.8. The number of imidazole rings is 1. The molecule has 0 aliphatic heterocycles. The van der Waals surface area contributed by atoms with E-state index in [-0.39, 0.29) is 17.6 Å². The van der Waals surface area contributed by atoms with Crippen LogP contribution in [0.1, 0.15) is 21.5 Å². The first-order valence-electron chi connectivity index (χ1n) is 10.5. The monoisotopic (exact) mass is 467 g/mol. The molecule has 0 fully saturated rings. The normalized spacial score (nSPS) is 10.3. The van der Waals surface area contributed by atoms with Gasteiger partial charge in [0.25, 0.3) is 5.91 Å². The van der Waals surface area contributed by atoms with E-state index in [0.717, 1.165) is 11.3 Å². The minimum Gasteiger partial charge on any atom is -0.348 e. The number of nitrogens with one attached hydrogen (secondary N) is 2. The van der Waals surface area contributed by atoms with Crippen molar-refractivity contribution in [1.82, 2.24) is 14.9 Å². The van der Waals surface area contributed by atoms with Gasteiger partial charge in [-0.25, -0.2) is 4.98 Å². The number of anilines is 1. The smallest absolute Gasteiger partial charge is 0.251 e. The maximum Gasteiger partial charge on any atom is 0.251 e. The number of carbonyl (C=O) groups is 2. The molecule has 1 aromatic heterocycles. The van der Waals surface area contributed by atoms with Crippen LogP contribution in [0, 0.1) is 11.3 Å². The van der Waals surface area contributed by atoms with Crippen molar-refractivity contribution in [3.05, 3.63) is 108 Å². The summed E-state index contributed by atoms with van der Waals surface area (Å²) in [6.07, 6.45) is 3.48. The summed E-state index contributed by atoms with van der Waals surface area (Å²) in [6.45, 7) is 0.467. The summed E-state index contributed by atoms with van der Waals surface area (Å²) >= 11 is 1.31. The second-order valence-electron chi connectivity index (χ2n) is 7.32. The van der Waals surface area contributed by atoms with Crippen molar-refractivity contribution in [2.24, 2.45) is 0 Å². The van der Waals surface area contributed by atoms with Crippen LogP contribution in [0.5, 0.6) is 0 Å². The molecule has 7 nitrogen and oxygen atoms in total. The van der Waals surface area contributed by atoms with Gasteiger partial charge >= 0.3 is 0 Å². The van der Waals surface area contributed by atoms with Crippen LogP contribution in [0.15, 0.2) is 96.4 Å².